The van der Waals surface area contributed by atoms with Crippen LogP contribution in [0.25, 0.3) is 0 Å². The molecule has 1 aliphatic rings. The van der Waals surface area contributed by atoms with Crippen LogP contribution in [0.3, 0.4) is 0 Å². The molecule has 1 saturated heterocycles. The molecule has 1 heterocycles. The van der Waals surface area contributed by atoms with E-state index in [4.69, 9.17) is 0 Å². The van der Waals surface area contributed by atoms with Crippen molar-refractivity contribution in [1.29, 1.82) is 0 Å². The van der Waals surface area contributed by atoms with Crippen LogP contribution in [0.15, 0.2) is 0 Å². The Morgan fingerprint density at radius 3 is 2.20 bits per heavy atom. The molecule has 1 aliphatic heterocycles. The van der Waals surface area contributed by atoms with Gasteiger partial charge in [-0.05, 0) is 33.4 Å². The van der Waals surface area contributed by atoms with Gasteiger partial charge in [0.25, 0.3) is 0 Å². The summed E-state index contributed by atoms with van der Waals surface area (Å²) >= 11 is 0. The number of halogens is 1. The van der Waals surface area contributed by atoms with E-state index in [1.165, 1.54) is 25.8 Å². The Morgan fingerprint density at radius 2 is 1.90 bits per heavy atom. The molecule has 0 aromatic carbocycles. The highest BCUT2D eigenvalue weighted by Crippen LogP contribution is 2.13. The molecule has 0 bridgehead atoms. The van der Waals surface area contributed by atoms with Crippen LogP contribution in [0, 0.1) is 0 Å². The van der Waals surface area contributed by atoms with Crippen LogP contribution in [-0.4, -0.2) is 24.5 Å². The molecule has 3 N–H and O–H groups in total. The fourth-order valence-electron chi connectivity index (χ4n) is 1.24. The SMILES string of the molecule is CC1CCCCN1C.Cl.N. The Bertz CT molecular complexity index is 68.0. The Kier molecular flexibility index (Phi) is 7.65. The number of hydrogen-bond donors (Lipinski definition) is 1. The first-order valence-electron chi connectivity index (χ1n) is 3.51. The third-order valence-corrected chi connectivity index (χ3v) is 2.14. The van der Waals surface area contributed by atoms with Gasteiger partial charge in [0.15, 0.2) is 0 Å². The molecule has 0 aromatic rings. The number of piperidine rings is 1. The zero-order valence-corrected chi connectivity index (χ0v) is 7.78. The zero-order valence-electron chi connectivity index (χ0n) is 6.97. The molecule has 0 radical (unpaired) electrons. The summed E-state index contributed by atoms with van der Waals surface area (Å²) in [5, 5.41) is 0. The van der Waals surface area contributed by atoms with E-state index in [1.807, 2.05) is 0 Å². The Morgan fingerprint density at radius 1 is 1.30 bits per heavy atom. The van der Waals surface area contributed by atoms with Crippen LogP contribution in [0.2, 0.25) is 0 Å². The van der Waals surface area contributed by atoms with Crippen molar-refractivity contribution in [2.24, 2.45) is 0 Å². The van der Waals surface area contributed by atoms with E-state index in [2.05, 4.69) is 18.9 Å². The van der Waals surface area contributed by atoms with Gasteiger partial charge in [-0.3, -0.25) is 0 Å². The van der Waals surface area contributed by atoms with Crippen molar-refractivity contribution in [3.05, 3.63) is 0 Å². The lowest BCUT2D eigenvalue weighted by molar-refractivity contribution is 0.200. The van der Waals surface area contributed by atoms with E-state index in [9.17, 15) is 0 Å². The molecule has 2 nitrogen and oxygen atoms in total. The van der Waals surface area contributed by atoms with E-state index in [0.717, 1.165) is 6.04 Å². The van der Waals surface area contributed by atoms with Gasteiger partial charge in [0.05, 0.1) is 0 Å². The lowest BCUT2D eigenvalue weighted by atomic mass is 10.1. The summed E-state index contributed by atoms with van der Waals surface area (Å²) in [4.78, 5) is 2.43. The summed E-state index contributed by atoms with van der Waals surface area (Å²) < 4.78 is 0. The topological polar surface area (TPSA) is 38.2 Å². The molecule has 0 aromatic heterocycles. The highest BCUT2D eigenvalue weighted by molar-refractivity contribution is 5.85. The van der Waals surface area contributed by atoms with E-state index < -0.39 is 0 Å². The maximum absolute atomic E-state index is 2.43. The summed E-state index contributed by atoms with van der Waals surface area (Å²) in [5.41, 5.74) is 0. The minimum Gasteiger partial charge on any atom is -0.344 e. The number of likely N-dealkylation sites (tertiary alicyclic amines) is 1. The molecule has 1 rings (SSSR count). The normalized spacial score (nSPS) is 26.4. The van der Waals surface area contributed by atoms with Gasteiger partial charge in [0, 0.05) is 6.04 Å². The molecule has 0 amide bonds. The van der Waals surface area contributed by atoms with Crippen LogP contribution >= 0.6 is 12.4 Å². The molecular weight excluding hydrogens is 148 g/mol. The highest BCUT2D eigenvalue weighted by atomic mass is 35.5. The van der Waals surface area contributed by atoms with Crippen molar-refractivity contribution < 1.29 is 0 Å². The minimum absolute atomic E-state index is 0. The van der Waals surface area contributed by atoms with Gasteiger partial charge in [0.1, 0.15) is 0 Å². The van der Waals surface area contributed by atoms with E-state index in [0.29, 0.717) is 0 Å². The highest BCUT2D eigenvalue weighted by Gasteiger charge is 2.12. The van der Waals surface area contributed by atoms with Crippen LogP contribution in [-0.2, 0) is 0 Å². The van der Waals surface area contributed by atoms with Crippen molar-refractivity contribution in [3.8, 4) is 0 Å². The minimum atomic E-state index is 0. The van der Waals surface area contributed by atoms with Gasteiger partial charge in [-0.2, -0.15) is 0 Å². The lowest BCUT2D eigenvalue weighted by Gasteiger charge is -2.29. The van der Waals surface area contributed by atoms with Gasteiger partial charge >= 0.3 is 0 Å². The van der Waals surface area contributed by atoms with E-state index in [-0.39, 0.29) is 18.6 Å². The molecule has 0 aliphatic carbocycles. The summed E-state index contributed by atoms with van der Waals surface area (Å²) in [6.07, 6.45) is 4.24. The van der Waals surface area contributed by atoms with Crippen molar-refractivity contribution in [3.63, 3.8) is 0 Å². The van der Waals surface area contributed by atoms with E-state index in [1.54, 1.807) is 0 Å². The molecule has 1 atom stereocenters. The molecule has 0 spiro atoms. The Hall–Kier alpha value is 0.210. The fourth-order valence-corrected chi connectivity index (χ4v) is 1.24. The van der Waals surface area contributed by atoms with Gasteiger partial charge in [-0.1, -0.05) is 6.42 Å². The largest absolute Gasteiger partial charge is 0.344 e. The molecule has 1 unspecified atom stereocenters. The van der Waals surface area contributed by atoms with Crippen molar-refractivity contribution >= 4 is 12.4 Å². The Balaban J connectivity index is 0. The second-order valence-corrected chi connectivity index (χ2v) is 2.83. The first-order valence-corrected chi connectivity index (χ1v) is 3.51. The molecule has 0 saturated carbocycles. The summed E-state index contributed by atoms with van der Waals surface area (Å²) in [7, 11) is 2.21. The monoisotopic (exact) mass is 166 g/mol. The van der Waals surface area contributed by atoms with Crippen molar-refractivity contribution in [2.75, 3.05) is 13.6 Å². The Labute approximate surface area is 70.0 Å². The maximum atomic E-state index is 2.43. The number of rotatable bonds is 0. The van der Waals surface area contributed by atoms with Crippen LogP contribution < -0.4 is 6.15 Å². The lowest BCUT2D eigenvalue weighted by Crippen LogP contribution is -2.33. The van der Waals surface area contributed by atoms with Crippen molar-refractivity contribution in [1.82, 2.24) is 11.1 Å². The third-order valence-electron chi connectivity index (χ3n) is 2.14. The molecule has 10 heavy (non-hydrogen) atoms. The number of nitrogens with zero attached hydrogens (tertiary/aromatic N) is 1. The average Bonchev–Trinajstić information content (AvgIpc) is 1.77. The van der Waals surface area contributed by atoms with Gasteiger partial charge in [0.2, 0.25) is 0 Å². The summed E-state index contributed by atoms with van der Waals surface area (Å²) in [6.45, 7) is 3.61. The number of hydrogen-bond acceptors (Lipinski definition) is 2. The summed E-state index contributed by atoms with van der Waals surface area (Å²) in [5.74, 6) is 0. The first kappa shape index (κ1) is 12.8. The maximum Gasteiger partial charge on any atom is 0.00638 e. The zero-order chi connectivity index (χ0) is 5.98. The molecular formula is C7H19ClN2. The third kappa shape index (κ3) is 3.40. The fraction of sp³-hybridized carbons (Fsp3) is 1.00. The van der Waals surface area contributed by atoms with Crippen molar-refractivity contribution in [2.45, 2.75) is 32.2 Å². The quantitative estimate of drug-likeness (QED) is 0.599. The van der Waals surface area contributed by atoms with Gasteiger partial charge in [-0.15, -0.1) is 12.4 Å². The van der Waals surface area contributed by atoms with E-state index >= 15 is 0 Å². The first-order chi connectivity index (χ1) is 3.80. The average molecular weight is 167 g/mol. The molecule has 64 valence electrons. The molecule has 1 fully saturated rings. The second kappa shape index (κ2) is 5.96. The summed E-state index contributed by atoms with van der Waals surface area (Å²) in [6, 6.07) is 0.837. The molecule has 3 heteroatoms. The predicted molar refractivity (Wildman–Crippen MR) is 48.2 cm³/mol. The second-order valence-electron chi connectivity index (χ2n) is 2.83. The van der Waals surface area contributed by atoms with Crippen LogP contribution in [0.4, 0.5) is 0 Å². The van der Waals surface area contributed by atoms with Gasteiger partial charge < -0.3 is 11.1 Å². The standard InChI is InChI=1S/C7H15N.ClH.H3N/c1-7-5-3-4-6-8(7)2;;/h7H,3-6H2,1-2H3;1H;1H3. The predicted octanol–water partition coefficient (Wildman–Crippen LogP) is 2.07. The van der Waals surface area contributed by atoms with Crippen LogP contribution in [0.1, 0.15) is 26.2 Å². The van der Waals surface area contributed by atoms with Crippen LogP contribution in [0.5, 0.6) is 0 Å². The van der Waals surface area contributed by atoms with Gasteiger partial charge in [-0.25, -0.2) is 0 Å². The smallest absolute Gasteiger partial charge is 0.00638 e.